The number of nitrogens with zero attached hydrogens (tertiary/aromatic N) is 4. The van der Waals surface area contributed by atoms with Crippen LogP contribution in [0, 0.1) is 0 Å². The minimum absolute atomic E-state index is 0.123. The van der Waals surface area contributed by atoms with Crippen LogP contribution in [0.25, 0.3) is 22.3 Å². The fraction of sp³-hybridized carbons (Fsp3) is 0.458. The predicted molar refractivity (Wildman–Crippen MR) is 137 cm³/mol. The molecule has 0 saturated carbocycles. The highest BCUT2D eigenvalue weighted by Crippen LogP contribution is 2.41. The van der Waals surface area contributed by atoms with Crippen LogP contribution in [0.3, 0.4) is 0 Å². The lowest BCUT2D eigenvalue weighted by Crippen LogP contribution is -2.29. The second-order valence-corrected chi connectivity index (χ2v) is 10.5. The maximum atomic E-state index is 13.5. The summed E-state index contributed by atoms with van der Waals surface area (Å²) in [7, 11) is 3.23. The smallest absolute Gasteiger partial charge is 0.261 e. The van der Waals surface area contributed by atoms with E-state index in [2.05, 4.69) is 28.8 Å². The van der Waals surface area contributed by atoms with Gasteiger partial charge < -0.3 is 14.5 Å². The normalized spacial score (nSPS) is 16.1. The molecule has 11 heteroatoms. The Bertz CT molecular complexity index is 1230. The third-order valence-corrected chi connectivity index (χ3v) is 6.75. The van der Waals surface area contributed by atoms with E-state index in [4.69, 9.17) is 26.1 Å². The summed E-state index contributed by atoms with van der Waals surface area (Å²) < 4.78 is 38.5. The maximum Gasteiger partial charge on any atom is 0.261 e. The first-order valence-electron chi connectivity index (χ1n) is 11.3. The Balaban J connectivity index is 1.71. The third-order valence-electron chi connectivity index (χ3n) is 5.57. The highest BCUT2D eigenvalue weighted by Gasteiger charge is 2.37. The molecule has 7 nitrogen and oxygen atoms in total. The molecule has 0 atom stereocenters. The van der Waals surface area contributed by atoms with Crippen molar-refractivity contribution < 1.29 is 18.3 Å². The Labute approximate surface area is 212 Å². The van der Waals surface area contributed by atoms with Crippen LogP contribution in [0.2, 0.25) is 5.02 Å². The number of hydrogen-bond donors (Lipinski definition) is 1. The molecule has 3 aromatic rings. The van der Waals surface area contributed by atoms with Crippen LogP contribution in [-0.4, -0.2) is 77.6 Å². The summed E-state index contributed by atoms with van der Waals surface area (Å²) in [5.41, 5.74) is 2.81. The second kappa shape index (κ2) is 10.7. The molecule has 0 radical (unpaired) electrons. The van der Waals surface area contributed by atoms with Crippen molar-refractivity contribution in [2.75, 3.05) is 40.4 Å². The zero-order chi connectivity index (χ0) is 25.2. The van der Waals surface area contributed by atoms with Crippen molar-refractivity contribution in [2.24, 2.45) is 4.99 Å². The molecule has 0 amide bonds. The molecular weight excluding hydrogens is 496 g/mol. The number of rotatable bonds is 9. The van der Waals surface area contributed by atoms with Gasteiger partial charge in [-0.05, 0) is 6.07 Å². The van der Waals surface area contributed by atoms with Gasteiger partial charge in [-0.3, -0.25) is 9.89 Å². The number of fused-ring (bicyclic) bond motifs is 1. The third kappa shape index (κ3) is 5.87. The van der Waals surface area contributed by atoms with Gasteiger partial charge in [-0.1, -0.05) is 37.2 Å². The van der Waals surface area contributed by atoms with Crippen molar-refractivity contribution in [2.45, 2.75) is 36.6 Å². The number of likely N-dealkylation sites (tertiary alicyclic amines) is 1. The number of methoxy groups -OCH3 is 1. The van der Waals surface area contributed by atoms with Crippen molar-refractivity contribution in [1.29, 1.82) is 0 Å². The molecule has 1 N–H and O–H groups in total. The fourth-order valence-corrected chi connectivity index (χ4v) is 4.96. The van der Waals surface area contributed by atoms with Gasteiger partial charge in [0.25, 0.3) is 5.92 Å². The molecule has 1 saturated heterocycles. The Morgan fingerprint density at radius 1 is 1.31 bits per heavy atom. The topological polar surface area (TPSA) is 75.6 Å². The lowest BCUT2D eigenvalue weighted by Gasteiger charge is -2.18. The molecule has 3 heterocycles. The van der Waals surface area contributed by atoms with E-state index in [1.807, 2.05) is 6.20 Å². The number of benzene rings is 1. The average molecular weight is 524 g/mol. The summed E-state index contributed by atoms with van der Waals surface area (Å²) in [5, 5.41) is 2.14. The Hall–Kier alpha value is -2.43. The zero-order valence-electron chi connectivity index (χ0n) is 20.1. The van der Waals surface area contributed by atoms with Gasteiger partial charge in [-0.15, -0.1) is 0 Å². The van der Waals surface area contributed by atoms with Crippen molar-refractivity contribution in [3.05, 3.63) is 28.9 Å². The number of nitrogens with one attached hydrogen (secondary N) is 1. The van der Waals surface area contributed by atoms with Crippen LogP contribution >= 0.6 is 23.4 Å². The first-order chi connectivity index (χ1) is 16.7. The molecule has 0 aliphatic carbocycles. The van der Waals surface area contributed by atoms with E-state index in [9.17, 15) is 8.78 Å². The van der Waals surface area contributed by atoms with Gasteiger partial charge in [0.2, 0.25) is 0 Å². The molecule has 4 rings (SSSR count). The molecule has 1 fully saturated rings. The van der Waals surface area contributed by atoms with Gasteiger partial charge in [0.05, 0.1) is 29.8 Å². The van der Waals surface area contributed by atoms with Crippen molar-refractivity contribution in [1.82, 2.24) is 19.9 Å². The van der Waals surface area contributed by atoms with E-state index in [1.165, 1.54) is 7.11 Å². The van der Waals surface area contributed by atoms with Gasteiger partial charge in [-0.2, -0.15) is 0 Å². The Morgan fingerprint density at radius 3 is 2.77 bits per heavy atom. The van der Waals surface area contributed by atoms with Crippen molar-refractivity contribution >= 4 is 40.6 Å². The van der Waals surface area contributed by atoms with E-state index in [0.717, 1.165) is 10.9 Å². The predicted octanol–water partition coefficient (Wildman–Crippen LogP) is 5.56. The zero-order valence-corrected chi connectivity index (χ0v) is 21.6. The molecule has 0 unspecified atom stereocenters. The number of hydrogen-bond acceptors (Lipinski definition) is 7. The second-order valence-electron chi connectivity index (χ2n) is 8.59. The van der Waals surface area contributed by atoms with Crippen molar-refractivity contribution in [3.63, 3.8) is 0 Å². The van der Waals surface area contributed by atoms with E-state index < -0.39 is 5.92 Å². The summed E-state index contributed by atoms with van der Waals surface area (Å²) in [5.74, 6) is -1.72. The molecule has 35 heavy (non-hydrogen) atoms. The number of aromatic nitrogens is 3. The largest absolute Gasteiger partial charge is 0.493 e. The standard InChI is InChI=1S/C24H28ClF2N5O2S/c1-14(2)35-23-30-21(20-15(11-28-3)12-29-22(20)31-23)16-9-19(18(33-4)10-17(16)25)34-8-7-32-6-5-24(26,27)13-32/h9-12,14H,5-8,13H2,1-4H3,(H,29,30,31). The van der Waals surface area contributed by atoms with Gasteiger partial charge in [-0.25, -0.2) is 18.7 Å². The molecule has 188 valence electrons. The molecule has 1 aliphatic rings. The number of halogens is 3. The van der Waals surface area contributed by atoms with Crippen LogP contribution in [-0.2, 0) is 0 Å². The van der Waals surface area contributed by atoms with Crippen LogP contribution in [0.5, 0.6) is 11.5 Å². The summed E-state index contributed by atoms with van der Waals surface area (Å²) in [6.07, 6.45) is 3.45. The molecule has 0 bridgehead atoms. The number of thioether (sulfide) groups is 1. The quantitative estimate of drug-likeness (QED) is 0.225. The summed E-state index contributed by atoms with van der Waals surface area (Å²) in [4.78, 5) is 18.6. The lowest BCUT2D eigenvalue weighted by molar-refractivity contribution is 0.0112. The highest BCUT2D eigenvalue weighted by atomic mass is 35.5. The minimum atomic E-state index is -2.63. The lowest BCUT2D eigenvalue weighted by atomic mass is 10.1. The van der Waals surface area contributed by atoms with E-state index >= 15 is 0 Å². The number of ether oxygens (including phenoxy) is 2. The number of aliphatic imine (C=N–C) groups is 1. The summed E-state index contributed by atoms with van der Waals surface area (Å²) >= 11 is 8.25. The van der Waals surface area contributed by atoms with Crippen LogP contribution in [0.15, 0.2) is 28.5 Å². The maximum absolute atomic E-state index is 13.5. The number of aromatic amines is 1. The van der Waals surface area contributed by atoms with Gasteiger partial charge in [0, 0.05) is 61.4 Å². The summed E-state index contributed by atoms with van der Waals surface area (Å²) in [6.45, 7) is 4.87. The van der Waals surface area contributed by atoms with E-state index in [0.29, 0.717) is 51.7 Å². The van der Waals surface area contributed by atoms with Gasteiger partial charge in [0.1, 0.15) is 12.3 Å². The molecule has 1 aromatic carbocycles. The fourth-order valence-electron chi connectivity index (χ4n) is 4.01. The van der Waals surface area contributed by atoms with Crippen LogP contribution in [0.4, 0.5) is 8.78 Å². The SMILES string of the molecule is CN=Cc1c[nH]c2nc(SC(C)C)nc(-c3cc(OCCN4CCC(F)(F)C4)c(OC)cc3Cl)c12. The molecule has 2 aromatic heterocycles. The Morgan fingerprint density at radius 2 is 2.11 bits per heavy atom. The molecular formula is C24H28ClF2N5O2S. The number of alkyl halides is 2. The van der Waals surface area contributed by atoms with Crippen molar-refractivity contribution in [3.8, 4) is 22.8 Å². The van der Waals surface area contributed by atoms with Crippen LogP contribution in [0.1, 0.15) is 25.8 Å². The van der Waals surface area contributed by atoms with E-state index in [-0.39, 0.29) is 24.8 Å². The average Bonchev–Trinajstić information content (AvgIpc) is 3.36. The van der Waals surface area contributed by atoms with E-state index in [1.54, 1.807) is 42.1 Å². The van der Waals surface area contributed by atoms with Gasteiger partial charge >= 0.3 is 0 Å². The number of H-pyrrole nitrogens is 1. The Kier molecular flexibility index (Phi) is 7.83. The monoisotopic (exact) mass is 523 g/mol. The molecule has 0 spiro atoms. The van der Waals surface area contributed by atoms with Gasteiger partial charge in [0.15, 0.2) is 16.7 Å². The summed E-state index contributed by atoms with van der Waals surface area (Å²) in [6, 6.07) is 3.46. The highest BCUT2D eigenvalue weighted by molar-refractivity contribution is 7.99. The molecule has 1 aliphatic heterocycles. The van der Waals surface area contributed by atoms with Crippen LogP contribution < -0.4 is 9.47 Å². The first kappa shape index (κ1) is 25.7. The minimum Gasteiger partial charge on any atom is -0.493 e. The first-order valence-corrected chi connectivity index (χ1v) is 12.6.